The van der Waals surface area contributed by atoms with Crippen LogP contribution in [0.5, 0.6) is 0 Å². The number of thiophene rings is 1. The van der Waals surface area contributed by atoms with Gasteiger partial charge in [0, 0.05) is 19.1 Å². The third-order valence-electron chi connectivity index (χ3n) is 4.60. The fourth-order valence-corrected chi connectivity index (χ4v) is 4.22. The number of alkyl carbamates (subject to hydrolysis) is 1. The van der Waals surface area contributed by atoms with Crippen molar-refractivity contribution in [2.45, 2.75) is 52.2 Å². The molecule has 0 aromatic carbocycles. The Hall–Kier alpha value is -2.81. The summed E-state index contributed by atoms with van der Waals surface area (Å²) < 4.78 is 10.4. The predicted molar refractivity (Wildman–Crippen MR) is 114 cm³/mol. The highest BCUT2D eigenvalue weighted by atomic mass is 32.1. The van der Waals surface area contributed by atoms with Gasteiger partial charge in [0.2, 0.25) is 0 Å². The van der Waals surface area contributed by atoms with Crippen molar-refractivity contribution < 1.29 is 23.5 Å². The second kappa shape index (κ2) is 8.91. The monoisotopic (exact) mass is 433 g/mol. The van der Waals surface area contributed by atoms with Crippen LogP contribution in [0.3, 0.4) is 0 Å². The molecule has 0 aliphatic carbocycles. The molecule has 1 saturated heterocycles. The van der Waals surface area contributed by atoms with E-state index in [4.69, 9.17) is 9.15 Å². The van der Waals surface area contributed by atoms with Crippen molar-refractivity contribution in [2.75, 3.05) is 18.4 Å². The van der Waals surface area contributed by atoms with E-state index < -0.39 is 11.7 Å². The van der Waals surface area contributed by atoms with Crippen LogP contribution in [0.15, 0.2) is 28.9 Å². The van der Waals surface area contributed by atoms with Gasteiger partial charge in [-0.1, -0.05) is 0 Å². The third kappa shape index (κ3) is 5.63. The zero-order chi connectivity index (χ0) is 21.9. The Morgan fingerprint density at radius 2 is 1.93 bits per heavy atom. The smallest absolute Gasteiger partial charge is 0.407 e. The summed E-state index contributed by atoms with van der Waals surface area (Å²) in [7, 11) is 0. The molecule has 0 unspecified atom stereocenters. The van der Waals surface area contributed by atoms with Crippen molar-refractivity contribution in [3.8, 4) is 0 Å². The van der Waals surface area contributed by atoms with Crippen molar-refractivity contribution in [2.24, 2.45) is 0 Å². The minimum Gasteiger partial charge on any atom is -0.459 e. The van der Waals surface area contributed by atoms with Crippen molar-refractivity contribution >= 4 is 34.2 Å². The molecular formula is C21H27N3O5S. The summed E-state index contributed by atoms with van der Waals surface area (Å²) in [6.07, 6.45) is 2.33. The van der Waals surface area contributed by atoms with Gasteiger partial charge >= 0.3 is 6.09 Å². The minimum absolute atomic E-state index is 0.0172. The lowest BCUT2D eigenvalue weighted by Crippen LogP contribution is -2.47. The number of rotatable bonds is 4. The number of anilines is 1. The number of carbonyl (C=O) groups excluding carboxylic acids is 3. The zero-order valence-electron chi connectivity index (χ0n) is 17.6. The Bertz CT molecular complexity index is 906. The maximum Gasteiger partial charge on any atom is 0.407 e. The highest BCUT2D eigenvalue weighted by Crippen LogP contribution is 2.29. The van der Waals surface area contributed by atoms with Crippen LogP contribution in [0.2, 0.25) is 0 Å². The van der Waals surface area contributed by atoms with E-state index >= 15 is 0 Å². The summed E-state index contributed by atoms with van der Waals surface area (Å²) in [5.41, 5.74) is 0.273. The number of carbonyl (C=O) groups is 3. The molecule has 1 fully saturated rings. The lowest BCUT2D eigenvalue weighted by molar-refractivity contribution is 0.0474. The summed E-state index contributed by atoms with van der Waals surface area (Å²) in [5.74, 6) is -0.200. The SMILES string of the molecule is Cc1cc(NC(=O)c2ccco2)sc1C(=O)N1CCC(NC(=O)OC(C)(C)C)CC1. The van der Waals surface area contributed by atoms with Crippen molar-refractivity contribution in [3.05, 3.63) is 40.7 Å². The molecule has 162 valence electrons. The molecule has 0 spiro atoms. The molecule has 1 aliphatic heterocycles. The van der Waals surface area contributed by atoms with E-state index in [0.29, 0.717) is 35.8 Å². The first-order valence-corrected chi connectivity index (χ1v) is 10.7. The Morgan fingerprint density at radius 1 is 1.23 bits per heavy atom. The van der Waals surface area contributed by atoms with Crippen LogP contribution in [0.25, 0.3) is 0 Å². The number of ether oxygens (including phenoxy) is 1. The number of piperidine rings is 1. The van der Waals surface area contributed by atoms with Gasteiger partial charge in [0.25, 0.3) is 11.8 Å². The fraction of sp³-hybridized carbons (Fsp3) is 0.476. The van der Waals surface area contributed by atoms with Crippen LogP contribution >= 0.6 is 11.3 Å². The maximum absolute atomic E-state index is 13.0. The number of hydrogen-bond acceptors (Lipinski definition) is 6. The molecule has 2 aromatic rings. The molecule has 9 heteroatoms. The molecule has 30 heavy (non-hydrogen) atoms. The van der Waals surface area contributed by atoms with Crippen LogP contribution in [0.1, 0.15) is 59.4 Å². The zero-order valence-corrected chi connectivity index (χ0v) is 18.4. The second-order valence-corrected chi connectivity index (χ2v) is 9.32. The van der Waals surface area contributed by atoms with Crippen LogP contribution in [-0.2, 0) is 4.74 Å². The number of likely N-dealkylation sites (tertiary alicyclic amines) is 1. The number of furan rings is 1. The highest BCUT2D eigenvalue weighted by Gasteiger charge is 2.28. The molecule has 1 aliphatic rings. The molecule has 3 rings (SSSR count). The average Bonchev–Trinajstić information content (AvgIpc) is 3.30. The van der Waals surface area contributed by atoms with Gasteiger partial charge in [-0.25, -0.2) is 4.79 Å². The van der Waals surface area contributed by atoms with Gasteiger partial charge < -0.3 is 24.7 Å². The van der Waals surface area contributed by atoms with Crippen LogP contribution < -0.4 is 10.6 Å². The molecule has 3 amide bonds. The summed E-state index contributed by atoms with van der Waals surface area (Å²) in [6.45, 7) is 8.41. The summed E-state index contributed by atoms with van der Waals surface area (Å²) in [4.78, 5) is 39.4. The van der Waals surface area contributed by atoms with E-state index in [1.165, 1.54) is 17.6 Å². The van der Waals surface area contributed by atoms with E-state index in [0.717, 1.165) is 5.56 Å². The molecular weight excluding hydrogens is 406 g/mol. The average molecular weight is 434 g/mol. The number of hydrogen-bond donors (Lipinski definition) is 2. The van der Waals surface area contributed by atoms with E-state index in [2.05, 4.69) is 10.6 Å². The molecule has 0 atom stereocenters. The molecule has 0 bridgehead atoms. The Balaban J connectivity index is 1.54. The third-order valence-corrected chi connectivity index (χ3v) is 5.74. The first kappa shape index (κ1) is 21.9. The Labute approximate surface area is 179 Å². The minimum atomic E-state index is -0.540. The topological polar surface area (TPSA) is 101 Å². The first-order valence-electron chi connectivity index (χ1n) is 9.86. The maximum atomic E-state index is 13.0. The number of nitrogens with zero attached hydrogens (tertiary/aromatic N) is 1. The quantitative estimate of drug-likeness (QED) is 0.758. The van der Waals surface area contributed by atoms with E-state index in [9.17, 15) is 14.4 Å². The lowest BCUT2D eigenvalue weighted by atomic mass is 10.0. The second-order valence-electron chi connectivity index (χ2n) is 8.27. The van der Waals surface area contributed by atoms with Gasteiger partial charge in [-0.15, -0.1) is 11.3 Å². The lowest BCUT2D eigenvalue weighted by Gasteiger charge is -2.32. The van der Waals surface area contributed by atoms with Crippen LogP contribution in [0, 0.1) is 6.92 Å². The van der Waals surface area contributed by atoms with E-state index in [1.807, 2.05) is 27.7 Å². The largest absolute Gasteiger partial charge is 0.459 e. The molecule has 0 radical (unpaired) electrons. The molecule has 0 saturated carbocycles. The van der Waals surface area contributed by atoms with E-state index in [-0.39, 0.29) is 23.6 Å². The number of amides is 3. The summed E-state index contributed by atoms with van der Waals surface area (Å²) in [6, 6.07) is 4.99. The molecule has 3 heterocycles. The van der Waals surface area contributed by atoms with Crippen molar-refractivity contribution in [1.29, 1.82) is 0 Å². The van der Waals surface area contributed by atoms with Crippen molar-refractivity contribution in [3.63, 3.8) is 0 Å². The normalized spacial score (nSPS) is 15.0. The number of aryl methyl sites for hydroxylation is 1. The van der Waals surface area contributed by atoms with Gasteiger partial charge in [-0.2, -0.15) is 0 Å². The molecule has 2 N–H and O–H groups in total. The fourth-order valence-electron chi connectivity index (χ4n) is 3.18. The molecule has 2 aromatic heterocycles. The standard InChI is InChI=1S/C21H27N3O5S/c1-13-12-16(23-18(25)15-6-5-11-28-15)30-17(13)19(26)24-9-7-14(8-10-24)22-20(27)29-21(2,3)4/h5-6,11-12,14H,7-10H2,1-4H3,(H,22,27)(H,23,25). The van der Waals surface area contributed by atoms with Gasteiger partial charge in [-0.05, 0) is 64.3 Å². The van der Waals surface area contributed by atoms with Crippen molar-refractivity contribution in [1.82, 2.24) is 10.2 Å². The van der Waals surface area contributed by atoms with E-state index in [1.54, 1.807) is 23.1 Å². The van der Waals surface area contributed by atoms with Gasteiger partial charge in [0.15, 0.2) is 5.76 Å². The van der Waals surface area contributed by atoms with Crippen LogP contribution in [-0.4, -0.2) is 47.5 Å². The summed E-state index contributed by atoms with van der Waals surface area (Å²) >= 11 is 1.25. The van der Waals surface area contributed by atoms with Gasteiger partial charge in [0.1, 0.15) is 5.60 Å². The first-order chi connectivity index (χ1) is 14.1. The van der Waals surface area contributed by atoms with Gasteiger partial charge in [0.05, 0.1) is 16.1 Å². The Morgan fingerprint density at radius 3 is 2.53 bits per heavy atom. The summed E-state index contributed by atoms with van der Waals surface area (Å²) in [5, 5.41) is 6.23. The highest BCUT2D eigenvalue weighted by molar-refractivity contribution is 7.18. The number of nitrogens with one attached hydrogen (secondary N) is 2. The molecule has 8 nitrogen and oxygen atoms in total. The van der Waals surface area contributed by atoms with Crippen LogP contribution in [0.4, 0.5) is 9.80 Å². The predicted octanol–water partition coefficient (Wildman–Crippen LogP) is 4.03. The Kier molecular flexibility index (Phi) is 6.50. The van der Waals surface area contributed by atoms with Gasteiger partial charge in [-0.3, -0.25) is 9.59 Å².